The Morgan fingerprint density at radius 1 is 1.17 bits per heavy atom. The van der Waals surface area contributed by atoms with E-state index in [0.717, 1.165) is 0 Å². The molecule has 0 heterocycles. The van der Waals surface area contributed by atoms with Gasteiger partial charge in [0, 0.05) is 5.56 Å². The minimum Gasteiger partial charge on any atom is -0.504 e. The van der Waals surface area contributed by atoms with E-state index in [1.807, 2.05) is 13.8 Å². The Hall–Kier alpha value is -1.38. The van der Waals surface area contributed by atoms with Gasteiger partial charge in [-0.3, -0.25) is 0 Å². The molecule has 3 nitrogen and oxygen atoms in total. The van der Waals surface area contributed by atoms with Crippen LogP contribution < -0.4 is 5.73 Å². The summed E-state index contributed by atoms with van der Waals surface area (Å²) in [6.07, 6.45) is 0. The van der Waals surface area contributed by atoms with E-state index in [1.165, 1.54) is 0 Å². The first kappa shape index (κ1) is 8.71. The highest BCUT2D eigenvalue weighted by Crippen LogP contribution is 2.37. The molecular weight excluding hydrogens is 154 g/mol. The molecule has 0 atom stereocenters. The molecule has 1 rings (SSSR count). The van der Waals surface area contributed by atoms with Gasteiger partial charge in [-0.05, 0) is 12.0 Å². The highest BCUT2D eigenvalue weighted by atomic mass is 16.3. The van der Waals surface area contributed by atoms with Crippen LogP contribution in [0.4, 0.5) is 5.69 Å². The lowest BCUT2D eigenvalue weighted by molar-refractivity contribution is 0.399. The summed E-state index contributed by atoms with van der Waals surface area (Å²) in [4.78, 5) is 0. The van der Waals surface area contributed by atoms with Crippen molar-refractivity contribution >= 4 is 5.69 Å². The zero-order valence-corrected chi connectivity index (χ0v) is 7.20. The molecule has 0 aliphatic heterocycles. The highest BCUT2D eigenvalue weighted by Gasteiger charge is 2.11. The van der Waals surface area contributed by atoms with Gasteiger partial charge in [0.15, 0.2) is 11.5 Å². The maximum atomic E-state index is 9.42. The van der Waals surface area contributed by atoms with Gasteiger partial charge in [-0.2, -0.15) is 0 Å². The van der Waals surface area contributed by atoms with Gasteiger partial charge >= 0.3 is 0 Å². The number of benzene rings is 1. The summed E-state index contributed by atoms with van der Waals surface area (Å²) in [5.41, 5.74) is 6.30. The molecule has 0 fully saturated rings. The van der Waals surface area contributed by atoms with Gasteiger partial charge in [-0.1, -0.05) is 19.9 Å². The van der Waals surface area contributed by atoms with Crippen molar-refractivity contribution in [3.63, 3.8) is 0 Å². The van der Waals surface area contributed by atoms with E-state index < -0.39 is 0 Å². The first-order valence-corrected chi connectivity index (χ1v) is 3.84. The topological polar surface area (TPSA) is 66.5 Å². The summed E-state index contributed by atoms with van der Waals surface area (Å²) in [6.45, 7) is 3.87. The summed E-state index contributed by atoms with van der Waals surface area (Å²) >= 11 is 0. The Morgan fingerprint density at radius 2 is 1.75 bits per heavy atom. The maximum absolute atomic E-state index is 9.42. The third kappa shape index (κ3) is 1.30. The molecule has 0 unspecified atom stereocenters. The van der Waals surface area contributed by atoms with Crippen LogP contribution in [0, 0.1) is 0 Å². The molecule has 0 aliphatic carbocycles. The van der Waals surface area contributed by atoms with Crippen LogP contribution in [-0.4, -0.2) is 10.2 Å². The molecule has 0 spiro atoms. The molecule has 3 heteroatoms. The van der Waals surface area contributed by atoms with Crippen molar-refractivity contribution in [2.24, 2.45) is 0 Å². The van der Waals surface area contributed by atoms with Gasteiger partial charge < -0.3 is 15.9 Å². The lowest BCUT2D eigenvalue weighted by Crippen LogP contribution is -1.92. The van der Waals surface area contributed by atoms with Crippen LogP contribution in [0.5, 0.6) is 11.5 Å². The average Bonchev–Trinajstić information content (AvgIpc) is 2.00. The van der Waals surface area contributed by atoms with Gasteiger partial charge in [-0.15, -0.1) is 0 Å². The molecule has 0 saturated carbocycles. The van der Waals surface area contributed by atoms with Crippen LogP contribution in [0.3, 0.4) is 0 Å². The number of rotatable bonds is 1. The largest absolute Gasteiger partial charge is 0.504 e. The van der Waals surface area contributed by atoms with Crippen LogP contribution in [0.1, 0.15) is 25.3 Å². The van der Waals surface area contributed by atoms with Crippen LogP contribution in [0.25, 0.3) is 0 Å². The Kier molecular flexibility index (Phi) is 2.13. The third-order valence-corrected chi connectivity index (χ3v) is 1.84. The van der Waals surface area contributed by atoms with E-state index in [0.29, 0.717) is 5.56 Å². The predicted octanol–water partition coefficient (Wildman–Crippen LogP) is 1.80. The van der Waals surface area contributed by atoms with E-state index in [4.69, 9.17) is 5.73 Å². The number of phenols is 2. The average molecular weight is 167 g/mol. The number of phenolic OH excluding ortho intramolecular Hbond substituents is 2. The van der Waals surface area contributed by atoms with Gasteiger partial charge in [0.2, 0.25) is 0 Å². The van der Waals surface area contributed by atoms with Crippen molar-refractivity contribution in [2.45, 2.75) is 19.8 Å². The van der Waals surface area contributed by atoms with Crippen molar-refractivity contribution in [1.29, 1.82) is 0 Å². The first-order valence-electron chi connectivity index (χ1n) is 3.84. The fourth-order valence-electron chi connectivity index (χ4n) is 1.08. The lowest BCUT2D eigenvalue weighted by atomic mass is 10.0. The Labute approximate surface area is 71.5 Å². The van der Waals surface area contributed by atoms with Crippen LogP contribution >= 0.6 is 0 Å². The minimum absolute atomic E-state index is 0.106. The Morgan fingerprint density at radius 3 is 2.25 bits per heavy atom. The monoisotopic (exact) mass is 167 g/mol. The second-order valence-corrected chi connectivity index (χ2v) is 3.10. The molecular formula is C9H13NO2. The zero-order chi connectivity index (χ0) is 9.30. The standard InChI is InChI=1S/C9H13NO2/c1-5(2)6-3-4-7(10)9(12)8(6)11/h3-5,11-12H,10H2,1-2H3. The van der Waals surface area contributed by atoms with E-state index in [9.17, 15) is 10.2 Å². The van der Waals surface area contributed by atoms with Crippen molar-refractivity contribution in [3.8, 4) is 11.5 Å². The minimum atomic E-state index is -0.221. The molecule has 0 amide bonds. The molecule has 0 saturated heterocycles. The molecule has 0 bridgehead atoms. The number of aromatic hydroxyl groups is 2. The van der Waals surface area contributed by atoms with Crippen molar-refractivity contribution in [2.75, 3.05) is 5.73 Å². The summed E-state index contributed by atoms with van der Waals surface area (Å²) in [5.74, 6) is -0.150. The lowest BCUT2D eigenvalue weighted by Gasteiger charge is -2.10. The fraction of sp³-hybridized carbons (Fsp3) is 0.333. The van der Waals surface area contributed by atoms with Gasteiger partial charge in [-0.25, -0.2) is 0 Å². The fourth-order valence-corrected chi connectivity index (χ4v) is 1.08. The molecule has 1 aromatic carbocycles. The second-order valence-electron chi connectivity index (χ2n) is 3.10. The Bertz CT molecular complexity index is 295. The van der Waals surface area contributed by atoms with E-state index in [1.54, 1.807) is 12.1 Å². The molecule has 12 heavy (non-hydrogen) atoms. The van der Waals surface area contributed by atoms with Crippen LogP contribution in [0.2, 0.25) is 0 Å². The van der Waals surface area contributed by atoms with E-state index >= 15 is 0 Å². The summed E-state index contributed by atoms with van der Waals surface area (Å²) < 4.78 is 0. The summed E-state index contributed by atoms with van der Waals surface area (Å²) in [5, 5.41) is 18.7. The van der Waals surface area contributed by atoms with Crippen molar-refractivity contribution < 1.29 is 10.2 Å². The molecule has 0 radical (unpaired) electrons. The van der Waals surface area contributed by atoms with Gasteiger partial charge in [0.05, 0.1) is 5.69 Å². The number of hydrogen-bond acceptors (Lipinski definition) is 3. The molecule has 0 aliphatic rings. The third-order valence-electron chi connectivity index (χ3n) is 1.84. The van der Waals surface area contributed by atoms with Crippen LogP contribution in [0.15, 0.2) is 12.1 Å². The predicted molar refractivity (Wildman–Crippen MR) is 48.3 cm³/mol. The quantitative estimate of drug-likeness (QED) is 0.441. The zero-order valence-electron chi connectivity index (χ0n) is 7.20. The molecule has 0 aromatic heterocycles. The maximum Gasteiger partial charge on any atom is 0.181 e. The normalized spacial score (nSPS) is 10.6. The summed E-state index contributed by atoms with van der Waals surface area (Å²) in [6, 6.07) is 3.30. The molecule has 1 aromatic rings. The summed E-state index contributed by atoms with van der Waals surface area (Å²) in [7, 11) is 0. The van der Waals surface area contributed by atoms with Crippen LogP contribution in [-0.2, 0) is 0 Å². The van der Waals surface area contributed by atoms with E-state index in [-0.39, 0.29) is 23.1 Å². The smallest absolute Gasteiger partial charge is 0.181 e. The SMILES string of the molecule is CC(C)c1ccc(N)c(O)c1O. The highest BCUT2D eigenvalue weighted by molar-refractivity contribution is 5.62. The van der Waals surface area contributed by atoms with E-state index in [2.05, 4.69) is 0 Å². The van der Waals surface area contributed by atoms with Gasteiger partial charge in [0.25, 0.3) is 0 Å². The van der Waals surface area contributed by atoms with Gasteiger partial charge in [0.1, 0.15) is 0 Å². The second kappa shape index (κ2) is 2.93. The molecule has 66 valence electrons. The number of nitrogens with two attached hydrogens (primary N) is 1. The first-order chi connectivity index (χ1) is 5.54. The Balaban J connectivity index is 3.27. The van der Waals surface area contributed by atoms with Crippen molar-refractivity contribution in [1.82, 2.24) is 0 Å². The van der Waals surface area contributed by atoms with Crippen molar-refractivity contribution in [3.05, 3.63) is 17.7 Å². The number of hydrogen-bond donors (Lipinski definition) is 3. The number of nitrogen functional groups attached to an aromatic ring is 1. The number of anilines is 1. The molecule has 4 N–H and O–H groups in total.